The summed E-state index contributed by atoms with van der Waals surface area (Å²) in [5.74, 6) is -0.263. The Balaban J connectivity index is 2.17. The molecule has 1 heterocycles. The van der Waals surface area contributed by atoms with Gasteiger partial charge in [-0.05, 0) is 35.4 Å². The summed E-state index contributed by atoms with van der Waals surface area (Å²) in [6.07, 6.45) is 2.59. The van der Waals surface area contributed by atoms with Crippen molar-refractivity contribution < 1.29 is 9.90 Å². The number of carbonyl (C=O) groups excluding carboxylic acids is 1. The minimum atomic E-state index is -0.876. The van der Waals surface area contributed by atoms with Crippen LogP contribution in [0.15, 0.2) is 30.6 Å². The SMILES string of the molecule is CCC(O)(CC)CNC(=O)c1ccccc1-n1cnnn1. The number of para-hydroxylation sites is 1. The quantitative estimate of drug-likeness (QED) is 0.825. The number of nitrogens with one attached hydrogen (secondary N) is 1. The average Bonchev–Trinajstić information content (AvgIpc) is 3.06. The molecule has 1 aromatic heterocycles. The Morgan fingerprint density at radius 1 is 1.33 bits per heavy atom. The van der Waals surface area contributed by atoms with Crippen LogP contribution in [0.2, 0.25) is 0 Å². The van der Waals surface area contributed by atoms with Gasteiger partial charge in [-0.25, -0.2) is 0 Å². The summed E-state index contributed by atoms with van der Waals surface area (Å²) in [7, 11) is 0. The van der Waals surface area contributed by atoms with Crippen molar-refractivity contribution in [2.45, 2.75) is 32.3 Å². The van der Waals surface area contributed by atoms with Crippen LogP contribution >= 0.6 is 0 Å². The highest BCUT2D eigenvalue weighted by Gasteiger charge is 2.23. The van der Waals surface area contributed by atoms with Crippen molar-refractivity contribution in [3.8, 4) is 5.69 Å². The Bertz CT molecular complexity index is 593. The zero-order chi connectivity index (χ0) is 15.3. The first-order chi connectivity index (χ1) is 10.1. The van der Waals surface area contributed by atoms with Crippen LogP contribution in [0.5, 0.6) is 0 Å². The highest BCUT2D eigenvalue weighted by molar-refractivity contribution is 5.97. The van der Waals surface area contributed by atoms with Crippen LogP contribution in [-0.2, 0) is 0 Å². The van der Waals surface area contributed by atoms with Gasteiger partial charge in [-0.3, -0.25) is 4.79 Å². The standard InChI is InChI=1S/C14H19N5O2/c1-3-14(21,4-2)9-15-13(20)11-7-5-6-8-12(11)19-10-16-17-18-19/h5-8,10,21H,3-4,9H2,1-2H3,(H,15,20). The van der Waals surface area contributed by atoms with Gasteiger partial charge in [0.2, 0.25) is 0 Å². The summed E-state index contributed by atoms with van der Waals surface area (Å²) in [6, 6.07) is 7.04. The number of hydrogen-bond acceptors (Lipinski definition) is 5. The molecule has 0 spiro atoms. The molecule has 0 bridgehead atoms. The highest BCUT2D eigenvalue weighted by atomic mass is 16.3. The summed E-state index contributed by atoms with van der Waals surface area (Å²) in [5, 5.41) is 23.9. The van der Waals surface area contributed by atoms with Gasteiger partial charge in [0.1, 0.15) is 6.33 Å². The first kappa shape index (κ1) is 15.1. The maximum absolute atomic E-state index is 12.3. The summed E-state index contributed by atoms with van der Waals surface area (Å²) in [5.41, 5.74) is 0.176. The van der Waals surface area contributed by atoms with Gasteiger partial charge in [-0.1, -0.05) is 26.0 Å². The Hall–Kier alpha value is -2.28. The van der Waals surface area contributed by atoms with Gasteiger partial charge >= 0.3 is 0 Å². The first-order valence-electron chi connectivity index (χ1n) is 6.92. The summed E-state index contributed by atoms with van der Waals surface area (Å²) in [6.45, 7) is 4.00. The van der Waals surface area contributed by atoms with Crippen molar-refractivity contribution in [1.82, 2.24) is 25.5 Å². The molecule has 0 fully saturated rings. The van der Waals surface area contributed by atoms with Crippen LogP contribution in [0.3, 0.4) is 0 Å². The average molecular weight is 289 g/mol. The zero-order valence-electron chi connectivity index (χ0n) is 12.2. The Kier molecular flexibility index (Phi) is 4.64. The topological polar surface area (TPSA) is 92.9 Å². The molecular weight excluding hydrogens is 270 g/mol. The third-order valence-corrected chi connectivity index (χ3v) is 3.64. The number of hydrogen-bond donors (Lipinski definition) is 2. The molecule has 2 aromatic rings. The van der Waals surface area contributed by atoms with Crippen LogP contribution in [0.1, 0.15) is 37.0 Å². The lowest BCUT2D eigenvalue weighted by atomic mass is 9.97. The van der Waals surface area contributed by atoms with Crippen molar-refractivity contribution >= 4 is 5.91 Å². The highest BCUT2D eigenvalue weighted by Crippen LogP contribution is 2.15. The van der Waals surface area contributed by atoms with E-state index in [2.05, 4.69) is 20.8 Å². The van der Waals surface area contributed by atoms with Gasteiger partial charge < -0.3 is 10.4 Å². The molecule has 0 saturated carbocycles. The van der Waals surface area contributed by atoms with E-state index in [9.17, 15) is 9.90 Å². The molecule has 2 N–H and O–H groups in total. The van der Waals surface area contributed by atoms with Crippen LogP contribution < -0.4 is 5.32 Å². The van der Waals surface area contributed by atoms with Gasteiger partial charge in [-0.15, -0.1) is 5.10 Å². The Labute approximate surface area is 123 Å². The lowest BCUT2D eigenvalue weighted by Gasteiger charge is -2.25. The minimum absolute atomic E-state index is 0.211. The maximum atomic E-state index is 12.3. The van der Waals surface area contributed by atoms with Crippen LogP contribution in [0.4, 0.5) is 0 Å². The second-order valence-electron chi connectivity index (χ2n) is 4.89. The number of tetrazole rings is 1. The van der Waals surface area contributed by atoms with Crippen molar-refractivity contribution in [2.24, 2.45) is 0 Å². The van der Waals surface area contributed by atoms with Gasteiger partial charge in [-0.2, -0.15) is 4.68 Å². The molecule has 7 heteroatoms. The van der Waals surface area contributed by atoms with E-state index in [1.807, 2.05) is 19.9 Å². The molecule has 7 nitrogen and oxygen atoms in total. The molecule has 0 saturated heterocycles. The van der Waals surface area contributed by atoms with Gasteiger partial charge in [0.25, 0.3) is 5.91 Å². The lowest BCUT2D eigenvalue weighted by Crippen LogP contribution is -2.42. The third-order valence-electron chi connectivity index (χ3n) is 3.64. The largest absolute Gasteiger partial charge is 0.388 e. The second-order valence-corrected chi connectivity index (χ2v) is 4.89. The molecule has 1 amide bonds. The predicted molar refractivity (Wildman–Crippen MR) is 77.0 cm³/mol. The van der Waals surface area contributed by atoms with Crippen molar-refractivity contribution in [3.63, 3.8) is 0 Å². The van der Waals surface area contributed by atoms with E-state index in [-0.39, 0.29) is 12.5 Å². The Morgan fingerprint density at radius 3 is 2.67 bits per heavy atom. The van der Waals surface area contributed by atoms with E-state index in [1.54, 1.807) is 18.2 Å². The van der Waals surface area contributed by atoms with Crippen LogP contribution in [0.25, 0.3) is 5.69 Å². The number of benzene rings is 1. The molecule has 2 rings (SSSR count). The van der Waals surface area contributed by atoms with Crippen LogP contribution in [0, 0.1) is 0 Å². The molecule has 21 heavy (non-hydrogen) atoms. The molecule has 0 unspecified atom stereocenters. The van der Waals surface area contributed by atoms with E-state index < -0.39 is 5.60 Å². The van der Waals surface area contributed by atoms with Crippen molar-refractivity contribution in [3.05, 3.63) is 36.2 Å². The molecule has 0 aliphatic carbocycles. The summed E-state index contributed by atoms with van der Waals surface area (Å²) in [4.78, 5) is 12.3. The molecule has 1 aromatic carbocycles. The summed E-state index contributed by atoms with van der Waals surface area (Å²) < 4.78 is 1.43. The molecule has 0 aliphatic rings. The number of carbonyl (C=O) groups is 1. The van der Waals surface area contributed by atoms with E-state index in [1.165, 1.54) is 11.0 Å². The fourth-order valence-electron chi connectivity index (χ4n) is 1.98. The number of nitrogens with zero attached hydrogens (tertiary/aromatic N) is 4. The second kappa shape index (κ2) is 6.45. The zero-order valence-corrected chi connectivity index (χ0v) is 12.2. The number of aliphatic hydroxyl groups is 1. The smallest absolute Gasteiger partial charge is 0.253 e. The number of rotatable bonds is 6. The maximum Gasteiger partial charge on any atom is 0.253 e. The normalized spacial score (nSPS) is 11.4. The summed E-state index contributed by atoms with van der Waals surface area (Å²) >= 11 is 0. The molecule has 0 atom stereocenters. The van der Waals surface area contributed by atoms with Gasteiger partial charge in [0.05, 0.1) is 16.9 Å². The number of amides is 1. The van der Waals surface area contributed by atoms with Crippen molar-refractivity contribution in [1.29, 1.82) is 0 Å². The Morgan fingerprint density at radius 2 is 2.05 bits per heavy atom. The van der Waals surface area contributed by atoms with Gasteiger partial charge in [0, 0.05) is 6.54 Å². The molecular formula is C14H19N5O2. The lowest BCUT2D eigenvalue weighted by molar-refractivity contribution is 0.0314. The van der Waals surface area contributed by atoms with Crippen LogP contribution in [-0.4, -0.2) is 43.4 Å². The van der Waals surface area contributed by atoms with E-state index in [0.29, 0.717) is 24.1 Å². The molecule has 0 radical (unpaired) electrons. The van der Waals surface area contributed by atoms with E-state index >= 15 is 0 Å². The predicted octanol–water partition coefficient (Wildman–Crippen LogP) is 0.943. The number of aromatic nitrogens is 4. The molecule has 112 valence electrons. The van der Waals surface area contributed by atoms with Crippen molar-refractivity contribution in [2.75, 3.05) is 6.54 Å². The fourth-order valence-corrected chi connectivity index (χ4v) is 1.98. The fraction of sp³-hybridized carbons (Fsp3) is 0.429. The first-order valence-corrected chi connectivity index (χ1v) is 6.92. The van der Waals surface area contributed by atoms with E-state index in [4.69, 9.17) is 0 Å². The minimum Gasteiger partial charge on any atom is -0.388 e. The van der Waals surface area contributed by atoms with Gasteiger partial charge in [0.15, 0.2) is 0 Å². The third kappa shape index (κ3) is 3.43. The van der Waals surface area contributed by atoms with E-state index in [0.717, 1.165) is 0 Å². The monoisotopic (exact) mass is 289 g/mol. The molecule has 0 aliphatic heterocycles.